The van der Waals surface area contributed by atoms with E-state index in [1.165, 1.54) is 37.7 Å². The normalized spacial score (nSPS) is 29.0. The molecule has 1 aromatic heterocycles. The van der Waals surface area contributed by atoms with Crippen LogP contribution in [0.15, 0.2) is 16.8 Å². The molecule has 2 rings (SSSR count). The summed E-state index contributed by atoms with van der Waals surface area (Å²) in [6.45, 7) is 0. The smallest absolute Gasteiger partial charge is 0.0338 e. The van der Waals surface area contributed by atoms with E-state index in [1.807, 2.05) is 0 Å². The molecule has 1 saturated carbocycles. The first-order valence-electron chi connectivity index (χ1n) is 5.00. The SMILES string of the molecule is ClC1CCCC(Cc2ccsc2)C1. The van der Waals surface area contributed by atoms with Gasteiger partial charge in [-0.1, -0.05) is 12.8 Å². The number of hydrogen-bond donors (Lipinski definition) is 0. The highest BCUT2D eigenvalue weighted by atomic mass is 35.5. The van der Waals surface area contributed by atoms with E-state index in [-0.39, 0.29) is 0 Å². The van der Waals surface area contributed by atoms with Gasteiger partial charge in [0.15, 0.2) is 0 Å². The molecule has 0 amide bonds. The summed E-state index contributed by atoms with van der Waals surface area (Å²) < 4.78 is 0. The molecule has 1 aliphatic carbocycles. The molecular formula is C11H15ClS. The Kier molecular flexibility index (Phi) is 3.28. The second-order valence-corrected chi connectivity index (χ2v) is 5.36. The van der Waals surface area contributed by atoms with Crippen molar-refractivity contribution in [3.8, 4) is 0 Å². The number of halogens is 1. The highest BCUT2D eigenvalue weighted by molar-refractivity contribution is 7.07. The van der Waals surface area contributed by atoms with Crippen molar-refractivity contribution in [2.75, 3.05) is 0 Å². The van der Waals surface area contributed by atoms with Crippen molar-refractivity contribution in [1.82, 2.24) is 0 Å². The van der Waals surface area contributed by atoms with Gasteiger partial charge in [-0.2, -0.15) is 11.3 Å². The van der Waals surface area contributed by atoms with Gasteiger partial charge in [0, 0.05) is 5.38 Å². The zero-order valence-electron chi connectivity index (χ0n) is 7.71. The van der Waals surface area contributed by atoms with Gasteiger partial charge in [0.2, 0.25) is 0 Å². The maximum absolute atomic E-state index is 6.15. The molecule has 0 aliphatic heterocycles. The zero-order chi connectivity index (χ0) is 9.10. The molecule has 0 spiro atoms. The van der Waals surface area contributed by atoms with Crippen LogP contribution in [0.5, 0.6) is 0 Å². The fourth-order valence-electron chi connectivity index (χ4n) is 2.15. The molecule has 1 aromatic rings. The summed E-state index contributed by atoms with van der Waals surface area (Å²) in [5.74, 6) is 0.839. The van der Waals surface area contributed by atoms with Crippen molar-refractivity contribution in [3.05, 3.63) is 22.4 Å². The lowest BCUT2D eigenvalue weighted by Gasteiger charge is -2.24. The van der Waals surface area contributed by atoms with Gasteiger partial charge in [0.1, 0.15) is 0 Å². The predicted molar refractivity (Wildman–Crippen MR) is 59.6 cm³/mol. The number of rotatable bonds is 2. The molecule has 2 heteroatoms. The molecule has 0 bridgehead atoms. The van der Waals surface area contributed by atoms with Crippen LogP contribution >= 0.6 is 22.9 Å². The zero-order valence-corrected chi connectivity index (χ0v) is 9.28. The summed E-state index contributed by atoms with van der Waals surface area (Å²) in [6, 6.07) is 2.24. The monoisotopic (exact) mass is 214 g/mol. The molecule has 0 aromatic carbocycles. The maximum Gasteiger partial charge on any atom is 0.0338 e. The van der Waals surface area contributed by atoms with Crippen molar-refractivity contribution in [1.29, 1.82) is 0 Å². The Labute approximate surface area is 88.9 Å². The molecule has 0 radical (unpaired) electrons. The second-order valence-electron chi connectivity index (χ2n) is 3.97. The molecular weight excluding hydrogens is 200 g/mol. The first kappa shape index (κ1) is 9.54. The van der Waals surface area contributed by atoms with E-state index in [1.54, 1.807) is 11.3 Å². The van der Waals surface area contributed by atoms with Gasteiger partial charge >= 0.3 is 0 Å². The highest BCUT2D eigenvalue weighted by Gasteiger charge is 2.20. The highest BCUT2D eigenvalue weighted by Crippen LogP contribution is 2.30. The minimum atomic E-state index is 0.442. The third kappa shape index (κ3) is 2.72. The molecule has 1 aliphatic rings. The topological polar surface area (TPSA) is 0 Å². The van der Waals surface area contributed by atoms with Crippen molar-refractivity contribution >= 4 is 22.9 Å². The van der Waals surface area contributed by atoms with Crippen LogP contribution in [-0.4, -0.2) is 5.38 Å². The van der Waals surface area contributed by atoms with Gasteiger partial charge in [-0.25, -0.2) is 0 Å². The van der Waals surface area contributed by atoms with Crippen LogP contribution in [0.1, 0.15) is 31.2 Å². The molecule has 1 heterocycles. The average molecular weight is 215 g/mol. The van der Waals surface area contributed by atoms with E-state index in [2.05, 4.69) is 16.8 Å². The largest absolute Gasteiger partial charge is 0.152 e. The van der Waals surface area contributed by atoms with Gasteiger partial charge in [-0.15, -0.1) is 11.6 Å². The van der Waals surface area contributed by atoms with E-state index < -0.39 is 0 Å². The van der Waals surface area contributed by atoms with E-state index in [9.17, 15) is 0 Å². The summed E-state index contributed by atoms with van der Waals surface area (Å²) in [4.78, 5) is 0. The minimum absolute atomic E-state index is 0.442. The fraction of sp³-hybridized carbons (Fsp3) is 0.636. The third-order valence-electron chi connectivity index (χ3n) is 2.82. The second kappa shape index (κ2) is 4.47. The Morgan fingerprint density at radius 1 is 1.46 bits per heavy atom. The number of thiophene rings is 1. The van der Waals surface area contributed by atoms with Crippen LogP contribution in [0.2, 0.25) is 0 Å². The minimum Gasteiger partial charge on any atom is -0.152 e. The average Bonchev–Trinajstić information content (AvgIpc) is 2.57. The predicted octanol–water partition coefficient (Wildman–Crippen LogP) is 4.09. The lowest BCUT2D eigenvalue weighted by molar-refractivity contribution is 0.362. The lowest BCUT2D eigenvalue weighted by Crippen LogP contribution is -2.17. The maximum atomic E-state index is 6.15. The first-order chi connectivity index (χ1) is 6.34. The van der Waals surface area contributed by atoms with Crippen LogP contribution in [0.25, 0.3) is 0 Å². The first-order valence-corrected chi connectivity index (χ1v) is 6.37. The molecule has 72 valence electrons. The van der Waals surface area contributed by atoms with Crippen LogP contribution in [-0.2, 0) is 6.42 Å². The van der Waals surface area contributed by atoms with E-state index in [0.717, 1.165) is 5.92 Å². The van der Waals surface area contributed by atoms with Gasteiger partial charge < -0.3 is 0 Å². The summed E-state index contributed by atoms with van der Waals surface area (Å²) in [5, 5.41) is 4.87. The van der Waals surface area contributed by atoms with Crippen molar-refractivity contribution in [2.45, 2.75) is 37.5 Å². The quantitative estimate of drug-likeness (QED) is 0.651. The molecule has 0 N–H and O–H groups in total. The van der Waals surface area contributed by atoms with Gasteiger partial charge in [0.25, 0.3) is 0 Å². The molecule has 1 fully saturated rings. The van der Waals surface area contributed by atoms with E-state index >= 15 is 0 Å². The van der Waals surface area contributed by atoms with E-state index in [0.29, 0.717) is 5.38 Å². The Morgan fingerprint density at radius 2 is 2.38 bits per heavy atom. The Bertz CT molecular complexity index is 243. The number of alkyl halides is 1. The van der Waals surface area contributed by atoms with Crippen LogP contribution in [0.3, 0.4) is 0 Å². The Hall–Kier alpha value is -0.0100. The summed E-state index contributed by atoms with van der Waals surface area (Å²) >= 11 is 7.95. The van der Waals surface area contributed by atoms with Crippen LogP contribution in [0, 0.1) is 5.92 Å². The Morgan fingerprint density at radius 3 is 3.08 bits per heavy atom. The van der Waals surface area contributed by atoms with Crippen molar-refractivity contribution in [2.24, 2.45) is 5.92 Å². The fourth-order valence-corrected chi connectivity index (χ4v) is 3.24. The van der Waals surface area contributed by atoms with Crippen LogP contribution < -0.4 is 0 Å². The molecule has 2 atom stereocenters. The van der Waals surface area contributed by atoms with E-state index in [4.69, 9.17) is 11.6 Å². The third-order valence-corrected chi connectivity index (χ3v) is 3.95. The standard InChI is InChI=1S/C11H15ClS/c12-11-3-1-2-9(7-11)6-10-4-5-13-8-10/h4-5,8-9,11H,1-3,6-7H2. The van der Waals surface area contributed by atoms with Crippen molar-refractivity contribution < 1.29 is 0 Å². The summed E-state index contributed by atoms with van der Waals surface area (Å²) in [7, 11) is 0. The summed E-state index contributed by atoms with van der Waals surface area (Å²) in [6.07, 6.45) is 6.38. The number of hydrogen-bond acceptors (Lipinski definition) is 1. The van der Waals surface area contributed by atoms with Gasteiger partial charge in [-0.05, 0) is 47.6 Å². The summed E-state index contributed by atoms with van der Waals surface area (Å²) in [5.41, 5.74) is 1.50. The molecule has 2 unspecified atom stereocenters. The van der Waals surface area contributed by atoms with Gasteiger partial charge in [-0.3, -0.25) is 0 Å². The Balaban J connectivity index is 1.87. The lowest BCUT2D eigenvalue weighted by atomic mass is 9.85. The van der Waals surface area contributed by atoms with Gasteiger partial charge in [0.05, 0.1) is 0 Å². The molecule has 0 saturated heterocycles. The van der Waals surface area contributed by atoms with Crippen LogP contribution in [0.4, 0.5) is 0 Å². The molecule has 0 nitrogen and oxygen atoms in total. The molecule has 13 heavy (non-hydrogen) atoms. The van der Waals surface area contributed by atoms with Crippen molar-refractivity contribution in [3.63, 3.8) is 0 Å².